The lowest BCUT2D eigenvalue weighted by Crippen LogP contribution is -2.15. The highest BCUT2D eigenvalue weighted by Crippen LogP contribution is 2.25. The summed E-state index contributed by atoms with van der Waals surface area (Å²) in [5.74, 6) is 1.13. The van der Waals surface area contributed by atoms with E-state index in [1.807, 2.05) is 6.92 Å². The van der Waals surface area contributed by atoms with E-state index < -0.39 is 0 Å². The lowest BCUT2D eigenvalue weighted by Gasteiger charge is -2.18. The number of carbonyl (C=O) groups excluding carboxylic acids is 1. The molecule has 86 valence electrons. The summed E-state index contributed by atoms with van der Waals surface area (Å²) in [6, 6.07) is 0. The van der Waals surface area contributed by atoms with E-state index in [-0.39, 0.29) is 18.3 Å². The number of hydrogen-bond donors (Lipinski definition) is 1. The van der Waals surface area contributed by atoms with Crippen LogP contribution in [0.2, 0.25) is 0 Å². The third kappa shape index (κ3) is 3.78. The van der Waals surface area contributed by atoms with Crippen molar-refractivity contribution in [2.45, 2.75) is 46.0 Å². The van der Waals surface area contributed by atoms with Gasteiger partial charge in [0, 0.05) is 13.0 Å². The molecule has 2 atom stereocenters. The van der Waals surface area contributed by atoms with Gasteiger partial charge in [-0.15, -0.1) is 0 Å². The molecule has 0 aromatic heterocycles. The predicted octanol–water partition coefficient (Wildman–Crippen LogP) is 2.71. The highest BCUT2D eigenvalue weighted by molar-refractivity contribution is 5.95. The smallest absolute Gasteiger partial charge is 0.158 e. The molecule has 0 aromatic carbocycles. The maximum Gasteiger partial charge on any atom is 0.158 e. The molecule has 15 heavy (non-hydrogen) atoms. The van der Waals surface area contributed by atoms with Gasteiger partial charge >= 0.3 is 0 Å². The van der Waals surface area contributed by atoms with Crippen molar-refractivity contribution in [2.75, 3.05) is 6.61 Å². The van der Waals surface area contributed by atoms with Crippen molar-refractivity contribution in [3.05, 3.63) is 11.6 Å². The first-order valence-electron chi connectivity index (χ1n) is 6.00. The number of Topliss-reactive ketones (excluding diaryl/α,β-unsaturated/α-hetero) is 1. The summed E-state index contributed by atoms with van der Waals surface area (Å²) >= 11 is 0. The fourth-order valence-corrected chi connectivity index (χ4v) is 1.95. The minimum Gasteiger partial charge on any atom is -0.396 e. The van der Waals surface area contributed by atoms with Gasteiger partial charge in [-0.2, -0.15) is 0 Å². The molecule has 1 aliphatic rings. The Labute approximate surface area is 92.4 Å². The van der Waals surface area contributed by atoms with Gasteiger partial charge in [0.15, 0.2) is 5.78 Å². The van der Waals surface area contributed by atoms with Crippen molar-refractivity contribution >= 4 is 5.78 Å². The minimum atomic E-state index is 0.131. The van der Waals surface area contributed by atoms with Gasteiger partial charge in [0.05, 0.1) is 0 Å². The van der Waals surface area contributed by atoms with Crippen LogP contribution in [0.15, 0.2) is 11.6 Å². The first-order chi connectivity index (χ1) is 7.17. The van der Waals surface area contributed by atoms with E-state index in [2.05, 4.69) is 13.0 Å². The molecule has 0 radical (unpaired) electrons. The van der Waals surface area contributed by atoms with Gasteiger partial charge in [0.1, 0.15) is 0 Å². The van der Waals surface area contributed by atoms with Crippen molar-refractivity contribution in [2.24, 2.45) is 11.8 Å². The molecule has 0 unspecified atom stereocenters. The molecular weight excluding hydrogens is 188 g/mol. The molecule has 0 aromatic rings. The van der Waals surface area contributed by atoms with Gasteiger partial charge in [0.2, 0.25) is 0 Å². The number of ketones is 1. The van der Waals surface area contributed by atoms with Crippen LogP contribution in [0, 0.1) is 11.8 Å². The van der Waals surface area contributed by atoms with E-state index in [0.29, 0.717) is 6.42 Å². The summed E-state index contributed by atoms with van der Waals surface area (Å²) in [6.07, 6.45) is 6.60. The summed E-state index contributed by atoms with van der Waals surface area (Å²) in [4.78, 5) is 11.9. The lowest BCUT2D eigenvalue weighted by atomic mass is 9.86. The first-order valence-corrected chi connectivity index (χ1v) is 6.00. The Morgan fingerprint density at radius 3 is 2.87 bits per heavy atom. The number of allylic oxidation sites excluding steroid dienone is 2. The molecule has 0 heterocycles. The van der Waals surface area contributed by atoms with E-state index in [0.717, 1.165) is 37.2 Å². The first kappa shape index (κ1) is 12.4. The molecule has 0 spiro atoms. The number of rotatable bonds is 5. The van der Waals surface area contributed by atoms with Gasteiger partial charge in [-0.05, 0) is 36.7 Å². The highest BCUT2D eigenvalue weighted by atomic mass is 16.3. The van der Waals surface area contributed by atoms with Crippen LogP contribution in [0.5, 0.6) is 0 Å². The zero-order valence-electron chi connectivity index (χ0n) is 9.83. The number of aliphatic hydroxyl groups excluding tert-OH is 1. The average molecular weight is 210 g/mol. The highest BCUT2D eigenvalue weighted by Gasteiger charge is 2.18. The Balaban J connectivity index is 2.46. The van der Waals surface area contributed by atoms with Gasteiger partial charge in [-0.3, -0.25) is 4.79 Å². The largest absolute Gasteiger partial charge is 0.396 e. The van der Waals surface area contributed by atoms with Crippen LogP contribution in [-0.4, -0.2) is 17.5 Å². The van der Waals surface area contributed by atoms with E-state index >= 15 is 0 Å². The van der Waals surface area contributed by atoms with Crippen LogP contribution in [0.4, 0.5) is 0 Å². The zero-order chi connectivity index (χ0) is 11.3. The van der Waals surface area contributed by atoms with Gasteiger partial charge < -0.3 is 5.11 Å². The van der Waals surface area contributed by atoms with E-state index in [9.17, 15) is 4.79 Å². The summed E-state index contributed by atoms with van der Waals surface area (Å²) in [5, 5.41) is 9.04. The molecule has 0 aliphatic heterocycles. The van der Waals surface area contributed by atoms with Crippen LogP contribution >= 0.6 is 0 Å². The van der Waals surface area contributed by atoms with Crippen molar-refractivity contribution in [1.82, 2.24) is 0 Å². The van der Waals surface area contributed by atoms with Crippen LogP contribution < -0.4 is 0 Å². The number of carbonyl (C=O) groups is 1. The molecule has 0 amide bonds. The Morgan fingerprint density at radius 2 is 2.40 bits per heavy atom. The van der Waals surface area contributed by atoms with Crippen molar-refractivity contribution in [1.29, 1.82) is 0 Å². The molecular formula is C13H22O2. The quantitative estimate of drug-likeness (QED) is 0.757. The van der Waals surface area contributed by atoms with Gasteiger partial charge in [-0.1, -0.05) is 26.3 Å². The second-order valence-electron chi connectivity index (χ2n) is 4.69. The fraction of sp³-hybridized carbons (Fsp3) is 0.769. The Hall–Kier alpha value is -0.630. The van der Waals surface area contributed by atoms with Gasteiger partial charge in [0.25, 0.3) is 0 Å². The van der Waals surface area contributed by atoms with Crippen LogP contribution in [0.25, 0.3) is 0 Å². The predicted molar refractivity (Wildman–Crippen MR) is 61.6 cm³/mol. The molecule has 1 rings (SSSR count). The Morgan fingerprint density at radius 1 is 1.67 bits per heavy atom. The molecule has 2 heteroatoms. The van der Waals surface area contributed by atoms with Crippen molar-refractivity contribution in [3.8, 4) is 0 Å². The monoisotopic (exact) mass is 210 g/mol. The Kier molecular flexibility index (Phi) is 5.03. The third-order valence-corrected chi connectivity index (χ3v) is 3.34. The lowest BCUT2D eigenvalue weighted by molar-refractivity contribution is -0.117. The summed E-state index contributed by atoms with van der Waals surface area (Å²) < 4.78 is 0. The van der Waals surface area contributed by atoms with E-state index in [4.69, 9.17) is 5.11 Å². The molecule has 2 nitrogen and oxygen atoms in total. The normalized spacial score (nSPS) is 23.4. The standard InChI is InChI=1S/C13H22O2/c1-3-11(9-14)8-13(15)12-6-4-10(2)5-7-12/h6,10-11,14H,3-5,7-9H2,1-2H3/t10-,11+/m1/s1. The molecule has 0 fully saturated rings. The molecule has 1 N–H and O–H groups in total. The second kappa shape index (κ2) is 6.06. The third-order valence-electron chi connectivity index (χ3n) is 3.34. The summed E-state index contributed by atoms with van der Waals surface area (Å²) in [5.41, 5.74) is 1.00. The van der Waals surface area contributed by atoms with E-state index in [1.165, 1.54) is 0 Å². The summed E-state index contributed by atoms with van der Waals surface area (Å²) in [6.45, 7) is 4.37. The van der Waals surface area contributed by atoms with Crippen LogP contribution in [0.3, 0.4) is 0 Å². The fourth-order valence-electron chi connectivity index (χ4n) is 1.95. The van der Waals surface area contributed by atoms with Crippen LogP contribution in [0.1, 0.15) is 46.0 Å². The molecule has 0 saturated heterocycles. The minimum absolute atomic E-state index is 0.131. The second-order valence-corrected chi connectivity index (χ2v) is 4.69. The van der Waals surface area contributed by atoms with Gasteiger partial charge in [-0.25, -0.2) is 0 Å². The topological polar surface area (TPSA) is 37.3 Å². The average Bonchev–Trinajstić information content (AvgIpc) is 2.26. The molecule has 0 saturated carbocycles. The maximum atomic E-state index is 11.9. The zero-order valence-corrected chi connectivity index (χ0v) is 9.83. The molecule has 1 aliphatic carbocycles. The van der Waals surface area contributed by atoms with E-state index in [1.54, 1.807) is 0 Å². The number of hydrogen-bond acceptors (Lipinski definition) is 2. The molecule has 0 bridgehead atoms. The van der Waals surface area contributed by atoms with Crippen molar-refractivity contribution in [3.63, 3.8) is 0 Å². The number of aliphatic hydroxyl groups is 1. The summed E-state index contributed by atoms with van der Waals surface area (Å²) in [7, 11) is 0. The van der Waals surface area contributed by atoms with Crippen LogP contribution in [-0.2, 0) is 4.79 Å². The Bertz CT molecular complexity index is 239. The van der Waals surface area contributed by atoms with Crippen molar-refractivity contribution < 1.29 is 9.90 Å². The maximum absolute atomic E-state index is 11.9. The SMILES string of the molecule is CC[C@H](CO)CC(=O)C1=CC[C@@H](C)CC1.